The molecular formula is C23H31ClFN5O2. The van der Waals surface area contributed by atoms with E-state index in [1.165, 1.54) is 25.4 Å². The van der Waals surface area contributed by atoms with Crippen LogP contribution in [0.15, 0.2) is 30.5 Å². The first-order chi connectivity index (χ1) is 15.4. The Morgan fingerprint density at radius 2 is 1.91 bits per heavy atom. The van der Waals surface area contributed by atoms with E-state index in [2.05, 4.69) is 39.9 Å². The maximum absolute atomic E-state index is 13.5. The number of amides is 2. The van der Waals surface area contributed by atoms with Gasteiger partial charge in [-0.3, -0.25) is 5.32 Å². The normalized spacial score (nSPS) is 18.4. The number of carbonyl (C=O) groups is 1. The minimum absolute atomic E-state index is 0.130. The van der Waals surface area contributed by atoms with Gasteiger partial charge in [0.25, 0.3) is 0 Å². The van der Waals surface area contributed by atoms with Crippen molar-refractivity contribution in [3.05, 3.63) is 41.3 Å². The molecule has 3 rings (SSSR count). The summed E-state index contributed by atoms with van der Waals surface area (Å²) in [5.74, 6) is 0.299. The number of anilines is 1. The number of aromatic nitrogens is 1. The fourth-order valence-corrected chi connectivity index (χ4v) is 4.08. The van der Waals surface area contributed by atoms with E-state index < -0.39 is 5.82 Å². The standard InChI is InChI=1S/C23H31ClFN5O2/c1-30(2)11-10-26-16-5-7-17(8-6-16)28-23(31)29-22-13-19(20(24)14-27-22)18-9-4-15(25)12-21(18)32-3/h4,9,12-14,16-17,26H,5-8,10-11H2,1-3H3,(H2,27,28,29,31). The van der Waals surface area contributed by atoms with Crippen LogP contribution in [0.1, 0.15) is 25.7 Å². The number of carbonyl (C=O) groups excluding carboxylic acids is 1. The van der Waals surface area contributed by atoms with Gasteiger partial charge in [0, 0.05) is 48.6 Å². The van der Waals surface area contributed by atoms with Gasteiger partial charge >= 0.3 is 6.03 Å². The number of benzene rings is 1. The lowest BCUT2D eigenvalue weighted by Crippen LogP contribution is -2.44. The van der Waals surface area contributed by atoms with Crippen LogP contribution in [0, 0.1) is 5.82 Å². The number of pyridine rings is 1. The molecule has 1 aliphatic rings. The molecule has 1 saturated carbocycles. The fraction of sp³-hybridized carbons (Fsp3) is 0.478. The average Bonchev–Trinajstić information content (AvgIpc) is 2.76. The van der Waals surface area contributed by atoms with Gasteiger partial charge in [-0.05, 0) is 58.0 Å². The molecule has 0 spiro atoms. The zero-order valence-electron chi connectivity index (χ0n) is 18.8. The fourth-order valence-electron chi connectivity index (χ4n) is 3.87. The Balaban J connectivity index is 1.56. The van der Waals surface area contributed by atoms with Gasteiger partial charge in [0.2, 0.25) is 0 Å². The highest BCUT2D eigenvalue weighted by atomic mass is 35.5. The largest absolute Gasteiger partial charge is 0.496 e. The summed E-state index contributed by atoms with van der Waals surface area (Å²) < 4.78 is 18.8. The number of hydrogen-bond acceptors (Lipinski definition) is 5. The third-order valence-electron chi connectivity index (χ3n) is 5.61. The van der Waals surface area contributed by atoms with Crippen molar-refractivity contribution in [2.75, 3.05) is 39.6 Å². The van der Waals surface area contributed by atoms with Gasteiger partial charge in [-0.1, -0.05) is 11.6 Å². The smallest absolute Gasteiger partial charge is 0.320 e. The average molecular weight is 464 g/mol. The molecule has 0 atom stereocenters. The molecule has 9 heteroatoms. The Bertz CT molecular complexity index is 919. The molecule has 2 aromatic rings. The number of rotatable bonds is 8. The second-order valence-corrected chi connectivity index (χ2v) is 8.71. The molecule has 32 heavy (non-hydrogen) atoms. The highest BCUT2D eigenvalue weighted by molar-refractivity contribution is 6.33. The summed E-state index contributed by atoms with van der Waals surface area (Å²) in [4.78, 5) is 18.9. The predicted octanol–water partition coefficient (Wildman–Crippen LogP) is 4.13. The van der Waals surface area contributed by atoms with Crippen LogP contribution in [-0.2, 0) is 0 Å². The van der Waals surface area contributed by atoms with Gasteiger partial charge in [-0.2, -0.15) is 0 Å². The number of ether oxygens (including phenoxy) is 1. The lowest BCUT2D eigenvalue weighted by molar-refractivity contribution is 0.239. The molecule has 1 aromatic heterocycles. The summed E-state index contributed by atoms with van der Waals surface area (Å²) >= 11 is 6.31. The summed E-state index contributed by atoms with van der Waals surface area (Å²) in [6, 6.07) is 6.19. The Hall–Kier alpha value is -2.42. The third kappa shape index (κ3) is 6.79. The van der Waals surface area contributed by atoms with Gasteiger partial charge < -0.3 is 20.3 Å². The molecule has 2 amide bonds. The van der Waals surface area contributed by atoms with E-state index in [1.807, 2.05) is 0 Å². The first kappa shape index (κ1) is 24.2. The number of hydrogen-bond donors (Lipinski definition) is 3. The number of nitrogens with zero attached hydrogens (tertiary/aromatic N) is 2. The number of nitrogens with one attached hydrogen (secondary N) is 3. The summed E-state index contributed by atoms with van der Waals surface area (Å²) in [5.41, 5.74) is 1.21. The van der Waals surface area contributed by atoms with Crippen molar-refractivity contribution in [2.24, 2.45) is 0 Å². The molecule has 0 unspecified atom stereocenters. The van der Waals surface area contributed by atoms with Crippen molar-refractivity contribution in [3.8, 4) is 16.9 Å². The van der Waals surface area contributed by atoms with Crippen molar-refractivity contribution in [1.82, 2.24) is 20.5 Å². The first-order valence-corrected chi connectivity index (χ1v) is 11.2. The monoisotopic (exact) mass is 463 g/mol. The van der Waals surface area contributed by atoms with Crippen LogP contribution < -0.4 is 20.7 Å². The van der Waals surface area contributed by atoms with Crippen LogP contribution in [0.4, 0.5) is 15.0 Å². The van der Waals surface area contributed by atoms with Crippen LogP contribution in [0.25, 0.3) is 11.1 Å². The molecule has 0 radical (unpaired) electrons. The van der Waals surface area contributed by atoms with Gasteiger partial charge in [0.15, 0.2) is 0 Å². The molecular weight excluding hydrogens is 433 g/mol. The molecule has 7 nitrogen and oxygen atoms in total. The molecule has 1 fully saturated rings. The van der Waals surface area contributed by atoms with Crippen LogP contribution >= 0.6 is 11.6 Å². The van der Waals surface area contributed by atoms with Gasteiger partial charge in [-0.15, -0.1) is 0 Å². The molecule has 3 N–H and O–H groups in total. The number of urea groups is 1. The zero-order chi connectivity index (χ0) is 23.1. The van der Waals surface area contributed by atoms with E-state index in [9.17, 15) is 9.18 Å². The second-order valence-electron chi connectivity index (χ2n) is 8.30. The van der Waals surface area contributed by atoms with Crippen LogP contribution in [0.3, 0.4) is 0 Å². The topological polar surface area (TPSA) is 78.5 Å². The van der Waals surface area contributed by atoms with E-state index in [0.29, 0.717) is 33.8 Å². The molecule has 0 bridgehead atoms. The Labute approximate surface area is 193 Å². The maximum atomic E-state index is 13.5. The second kappa shape index (κ2) is 11.4. The van der Waals surface area contributed by atoms with E-state index in [1.54, 1.807) is 12.1 Å². The number of likely N-dealkylation sites (N-methyl/N-ethyl adjacent to an activating group) is 1. The third-order valence-corrected chi connectivity index (χ3v) is 5.91. The summed E-state index contributed by atoms with van der Waals surface area (Å²) in [6.45, 7) is 1.99. The van der Waals surface area contributed by atoms with E-state index in [4.69, 9.17) is 16.3 Å². The van der Waals surface area contributed by atoms with E-state index >= 15 is 0 Å². The quantitative estimate of drug-likeness (QED) is 0.548. The summed E-state index contributed by atoms with van der Waals surface area (Å²) in [7, 11) is 5.60. The minimum Gasteiger partial charge on any atom is -0.496 e. The van der Waals surface area contributed by atoms with Crippen molar-refractivity contribution in [3.63, 3.8) is 0 Å². The summed E-state index contributed by atoms with van der Waals surface area (Å²) in [5, 5.41) is 9.77. The van der Waals surface area contributed by atoms with E-state index in [0.717, 1.165) is 38.8 Å². The van der Waals surface area contributed by atoms with Gasteiger partial charge in [0.1, 0.15) is 17.4 Å². The number of methoxy groups -OCH3 is 1. The number of halogens is 2. The van der Waals surface area contributed by atoms with Crippen molar-refractivity contribution in [1.29, 1.82) is 0 Å². The maximum Gasteiger partial charge on any atom is 0.320 e. The molecule has 0 aliphatic heterocycles. The molecule has 1 aliphatic carbocycles. The first-order valence-electron chi connectivity index (χ1n) is 10.8. The Kier molecular flexibility index (Phi) is 8.67. The lowest BCUT2D eigenvalue weighted by Gasteiger charge is -2.30. The predicted molar refractivity (Wildman–Crippen MR) is 126 cm³/mol. The van der Waals surface area contributed by atoms with Crippen molar-refractivity contribution in [2.45, 2.75) is 37.8 Å². The van der Waals surface area contributed by atoms with E-state index in [-0.39, 0.29) is 12.1 Å². The SMILES string of the molecule is COc1cc(F)ccc1-c1cc(NC(=O)NC2CCC(NCCN(C)C)CC2)ncc1Cl. The zero-order valence-corrected chi connectivity index (χ0v) is 19.5. The Morgan fingerprint density at radius 1 is 1.19 bits per heavy atom. The Morgan fingerprint density at radius 3 is 2.59 bits per heavy atom. The molecule has 0 saturated heterocycles. The molecule has 1 aromatic carbocycles. The van der Waals surface area contributed by atoms with Crippen molar-refractivity contribution >= 4 is 23.4 Å². The minimum atomic E-state index is -0.406. The molecule has 174 valence electrons. The highest BCUT2D eigenvalue weighted by Crippen LogP contribution is 2.36. The lowest BCUT2D eigenvalue weighted by atomic mass is 9.91. The van der Waals surface area contributed by atoms with Gasteiger partial charge in [-0.25, -0.2) is 14.2 Å². The van der Waals surface area contributed by atoms with Crippen LogP contribution in [0.5, 0.6) is 5.75 Å². The van der Waals surface area contributed by atoms with Crippen LogP contribution in [0.2, 0.25) is 5.02 Å². The highest BCUT2D eigenvalue weighted by Gasteiger charge is 2.22. The van der Waals surface area contributed by atoms with Gasteiger partial charge in [0.05, 0.1) is 12.1 Å². The van der Waals surface area contributed by atoms with Crippen molar-refractivity contribution < 1.29 is 13.9 Å². The summed E-state index contributed by atoms with van der Waals surface area (Å²) in [6.07, 6.45) is 5.39. The van der Waals surface area contributed by atoms with Crippen LogP contribution in [-0.4, -0.2) is 62.3 Å². The molecule has 1 heterocycles.